The van der Waals surface area contributed by atoms with Crippen LogP contribution in [0.15, 0.2) is 0 Å². The third-order valence-electron chi connectivity index (χ3n) is 1.36. The maximum atomic E-state index is 10.6. The number of Topliss-reactive ketones (excluding diaryl/α,β-unsaturated/α-hetero) is 1. The lowest BCUT2D eigenvalue weighted by Crippen LogP contribution is -2.38. The minimum atomic E-state index is -1.07. The molecule has 12 heavy (non-hydrogen) atoms. The van der Waals surface area contributed by atoms with Crippen LogP contribution in [-0.4, -0.2) is 41.2 Å². The van der Waals surface area contributed by atoms with E-state index in [1.54, 1.807) is 6.92 Å². The van der Waals surface area contributed by atoms with Gasteiger partial charge in [-0.3, -0.25) is 9.59 Å². The van der Waals surface area contributed by atoms with E-state index in [-0.39, 0.29) is 6.42 Å². The lowest BCUT2D eigenvalue weighted by Gasteiger charge is -2.10. The molecular weight excluding hydrogens is 162 g/mol. The zero-order valence-electron chi connectivity index (χ0n) is 6.91. The Morgan fingerprint density at radius 1 is 1.50 bits per heavy atom. The number of aliphatic hydroxyl groups is 1. The lowest BCUT2D eigenvalue weighted by atomic mass is 10.1. The summed E-state index contributed by atoms with van der Waals surface area (Å²) in [6, 6.07) is -0.880. The molecule has 0 aromatic carbocycles. The predicted octanol–water partition coefficient (Wildman–Crippen LogP) is -0.999. The molecule has 70 valence electrons. The number of hydrogen-bond donors (Lipinski definition) is 3. The first-order valence-corrected chi connectivity index (χ1v) is 3.70. The van der Waals surface area contributed by atoms with Crippen molar-refractivity contribution in [3.8, 4) is 0 Å². The number of hydrogen-bond acceptors (Lipinski definition) is 4. The molecule has 0 spiro atoms. The van der Waals surface area contributed by atoms with E-state index < -0.39 is 24.4 Å². The normalized spacial score (nSPS) is 12.5. The summed E-state index contributed by atoms with van der Waals surface area (Å²) in [6.07, 6.45) is -0.167. The monoisotopic (exact) mass is 175 g/mol. The molecule has 0 rings (SSSR count). The van der Waals surface area contributed by atoms with Crippen LogP contribution in [-0.2, 0) is 9.59 Å². The zero-order chi connectivity index (χ0) is 9.56. The van der Waals surface area contributed by atoms with Crippen molar-refractivity contribution in [1.82, 2.24) is 5.32 Å². The molecule has 0 saturated carbocycles. The molecular formula is C7H13NO4. The fourth-order valence-electron chi connectivity index (χ4n) is 0.785. The van der Waals surface area contributed by atoms with Crippen molar-refractivity contribution in [2.75, 3.05) is 13.2 Å². The first-order valence-electron chi connectivity index (χ1n) is 3.70. The van der Waals surface area contributed by atoms with Gasteiger partial charge in [-0.1, -0.05) is 6.92 Å². The Kier molecular flexibility index (Phi) is 5.23. The number of carbonyl (C=O) groups is 2. The van der Waals surface area contributed by atoms with Crippen LogP contribution in [0.25, 0.3) is 0 Å². The van der Waals surface area contributed by atoms with Crippen LogP contribution in [0.3, 0.4) is 0 Å². The van der Waals surface area contributed by atoms with Gasteiger partial charge in [-0.2, -0.15) is 0 Å². The third-order valence-corrected chi connectivity index (χ3v) is 1.36. The van der Waals surface area contributed by atoms with E-state index >= 15 is 0 Å². The van der Waals surface area contributed by atoms with Crippen LogP contribution in [0.5, 0.6) is 0 Å². The second-order valence-electron chi connectivity index (χ2n) is 2.35. The van der Waals surface area contributed by atoms with E-state index in [1.165, 1.54) is 0 Å². The number of nitrogens with one attached hydrogen (secondary N) is 1. The van der Waals surface area contributed by atoms with Crippen LogP contribution in [0.1, 0.15) is 13.3 Å². The number of carbonyl (C=O) groups excluding carboxylic acids is 1. The Morgan fingerprint density at radius 3 is 2.42 bits per heavy atom. The second-order valence-corrected chi connectivity index (χ2v) is 2.35. The van der Waals surface area contributed by atoms with E-state index in [2.05, 4.69) is 5.32 Å². The van der Waals surface area contributed by atoms with Gasteiger partial charge in [0, 0.05) is 6.42 Å². The first-order chi connectivity index (χ1) is 5.61. The number of aliphatic hydroxyl groups excluding tert-OH is 1. The van der Waals surface area contributed by atoms with Gasteiger partial charge in [-0.05, 0) is 6.54 Å². The maximum absolute atomic E-state index is 10.6. The van der Waals surface area contributed by atoms with Crippen molar-refractivity contribution in [1.29, 1.82) is 0 Å². The average molecular weight is 175 g/mol. The smallest absolute Gasteiger partial charge is 0.321 e. The highest BCUT2D eigenvalue weighted by Crippen LogP contribution is 1.93. The highest BCUT2D eigenvalue weighted by Gasteiger charge is 2.18. The van der Waals surface area contributed by atoms with Crippen molar-refractivity contribution in [2.24, 2.45) is 0 Å². The molecule has 0 aromatic rings. The molecule has 1 atom stereocenters. The molecule has 1 unspecified atom stereocenters. The van der Waals surface area contributed by atoms with Crippen LogP contribution in [0, 0.1) is 0 Å². The Bertz CT molecular complexity index is 167. The maximum Gasteiger partial charge on any atom is 0.321 e. The van der Waals surface area contributed by atoms with E-state index in [4.69, 9.17) is 10.2 Å². The van der Waals surface area contributed by atoms with E-state index in [0.717, 1.165) is 0 Å². The summed E-state index contributed by atoms with van der Waals surface area (Å²) in [6.45, 7) is 1.63. The molecule has 0 bridgehead atoms. The van der Waals surface area contributed by atoms with Gasteiger partial charge in [0.2, 0.25) is 0 Å². The highest BCUT2D eigenvalue weighted by molar-refractivity contribution is 5.86. The van der Waals surface area contributed by atoms with E-state index in [1.807, 2.05) is 0 Å². The second kappa shape index (κ2) is 5.68. The number of aliphatic carboxylic acids is 1. The third kappa shape index (κ3) is 4.05. The molecule has 0 saturated heterocycles. The SMILES string of the molecule is CCNC(CC(=O)CO)C(=O)O. The summed E-state index contributed by atoms with van der Waals surface area (Å²) >= 11 is 0. The average Bonchev–Trinajstić information content (AvgIpc) is 2.03. The molecule has 0 aliphatic carbocycles. The molecule has 5 nitrogen and oxygen atoms in total. The number of carboxylic acids is 1. The Labute approximate surface area is 70.4 Å². The van der Waals surface area contributed by atoms with Crippen LogP contribution < -0.4 is 5.32 Å². The van der Waals surface area contributed by atoms with Crippen molar-refractivity contribution >= 4 is 11.8 Å². The lowest BCUT2D eigenvalue weighted by molar-refractivity contribution is -0.141. The summed E-state index contributed by atoms with van der Waals surface area (Å²) in [5.74, 6) is -1.54. The fourth-order valence-corrected chi connectivity index (χ4v) is 0.785. The molecule has 0 radical (unpaired) electrons. The molecule has 0 fully saturated rings. The minimum absolute atomic E-state index is 0.167. The van der Waals surface area contributed by atoms with Crippen molar-refractivity contribution in [3.05, 3.63) is 0 Å². The standard InChI is InChI=1S/C7H13NO4/c1-2-8-6(7(11)12)3-5(10)4-9/h6,8-9H,2-4H2,1H3,(H,11,12). The van der Waals surface area contributed by atoms with Gasteiger partial charge in [0.05, 0.1) is 0 Å². The zero-order valence-corrected chi connectivity index (χ0v) is 6.91. The van der Waals surface area contributed by atoms with Crippen LogP contribution in [0.2, 0.25) is 0 Å². The molecule has 0 aromatic heterocycles. The summed E-state index contributed by atoms with van der Waals surface area (Å²) < 4.78 is 0. The highest BCUT2D eigenvalue weighted by atomic mass is 16.4. The molecule has 0 amide bonds. The number of ketones is 1. The van der Waals surface area contributed by atoms with E-state index in [0.29, 0.717) is 6.54 Å². The largest absolute Gasteiger partial charge is 0.480 e. The van der Waals surface area contributed by atoms with Crippen molar-refractivity contribution in [2.45, 2.75) is 19.4 Å². The summed E-state index contributed by atoms with van der Waals surface area (Å²) in [4.78, 5) is 21.1. The van der Waals surface area contributed by atoms with Gasteiger partial charge in [0.25, 0.3) is 0 Å². The summed E-state index contributed by atoms with van der Waals surface area (Å²) in [7, 11) is 0. The predicted molar refractivity (Wildman–Crippen MR) is 41.8 cm³/mol. The Hall–Kier alpha value is -0.940. The van der Waals surface area contributed by atoms with Gasteiger partial charge in [-0.15, -0.1) is 0 Å². The molecule has 0 heterocycles. The molecule has 5 heteroatoms. The topological polar surface area (TPSA) is 86.6 Å². The molecule has 3 N–H and O–H groups in total. The number of likely N-dealkylation sites (N-methyl/N-ethyl adjacent to an activating group) is 1. The molecule has 0 aliphatic heterocycles. The fraction of sp³-hybridized carbons (Fsp3) is 0.714. The Morgan fingerprint density at radius 2 is 2.08 bits per heavy atom. The van der Waals surface area contributed by atoms with Crippen molar-refractivity contribution < 1.29 is 19.8 Å². The first kappa shape index (κ1) is 11.1. The van der Waals surface area contributed by atoms with Crippen LogP contribution in [0.4, 0.5) is 0 Å². The minimum Gasteiger partial charge on any atom is -0.480 e. The van der Waals surface area contributed by atoms with Gasteiger partial charge >= 0.3 is 5.97 Å². The van der Waals surface area contributed by atoms with Gasteiger partial charge < -0.3 is 15.5 Å². The van der Waals surface area contributed by atoms with Crippen molar-refractivity contribution in [3.63, 3.8) is 0 Å². The van der Waals surface area contributed by atoms with E-state index in [9.17, 15) is 9.59 Å². The van der Waals surface area contributed by atoms with Crippen LogP contribution >= 0.6 is 0 Å². The van der Waals surface area contributed by atoms with Gasteiger partial charge in [0.15, 0.2) is 5.78 Å². The van der Waals surface area contributed by atoms with Gasteiger partial charge in [0.1, 0.15) is 12.6 Å². The molecule has 0 aliphatic rings. The number of carboxylic acid groups (broad SMARTS) is 1. The number of rotatable bonds is 6. The Balaban J connectivity index is 3.95. The quantitative estimate of drug-likeness (QED) is 0.482. The summed E-state index contributed by atoms with van der Waals surface area (Å²) in [5, 5.41) is 19.5. The van der Waals surface area contributed by atoms with Gasteiger partial charge in [-0.25, -0.2) is 0 Å². The summed E-state index contributed by atoms with van der Waals surface area (Å²) in [5.41, 5.74) is 0.